The van der Waals surface area contributed by atoms with E-state index in [1.165, 1.54) is 0 Å². The van der Waals surface area contributed by atoms with Crippen molar-refractivity contribution in [3.63, 3.8) is 0 Å². The summed E-state index contributed by atoms with van der Waals surface area (Å²) in [4.78, 5) is 0.838. The Morgan fingerprint density at radius 1 is 0.893 bits per heavy atom. The normalized spacial score (nSPS) is 19.1. The molecule has 0 aliphatic carbocycles. The van der Waals surface area contributed by atoms with Crippen molar-refractivity contribution in [2.75, 3.05) is 23.0 Å². The molecule has 1 atom stereocenters. The van der Waals surface area contributed by atoms with Crippen LogP contribution in [0.1, 0.15) is 0 Å². The monoisotopic (exact) mass is 488 g/mol. The van der Waals surface area contributed by atoms with Crippen molar-refractivity contribution in [2.45, 2.75) is 0 Å². The molecular weight excluding hydrogens is 471 g/mol. The number of anilines is 2. The molecule has 1 aliphatic rings. The molecule has 0 aromatic heterocycles. The molecule has 1 fully saturated rings. The first-order valence-corrected chi connectivity index (χ1v) is 12.6. The highest BCUT2D eigenvalue weighted by molar-refractivity contribution is 9.10. The van der Waals surface area contributed by atoms with Gasteiger partial charge in [-0.25, -0.2) is 0 Å². The summed E-state index contributed by atoms with van der Waals surface area (Å²) in [6.07, 6.45) is -2.40. The zero-order chi connectivity index (χ0) is 19.7. The average Bonchev–Trinajstić information content (AvgIpc) is 3.01. The van der Waals surface area contributed by atoms with Crippen LogP contribution < -0.4 is 19.4 Å². The molecule has 0 N–H and O–H groups in total. The molecule has 1 unspecified atom stereocenters. The standard InChI is InChI=1S/C21H18BrN2OPS2/c1-25-19-11-13-20(14-12-19)26(28)23(17-5-3-2-4-6-17)15-21(27)24(26)18-9-7-16(22)8-10-18/h2-14H,15H2,1H3. The summed E-state index contributed by atoms with van der Waals surface area (Å²) in [5.74, 6) is 0.813. The Balaban J connectivity index is 1.90. The number of thiocarbonyl (C=S) groups is 1. The van der Waals surface area contributed by atoms with Crippen LogP contribution in [0.2, 0.25) is 0 Å². The van der Waals surface area contributed by atoms with Crippen LogP contribution in [0.25, 0.3) is 0 Å². The van der Waals surface area contributed by atoms with Gasteiger partial charge in [0.25, 0.3) is 0 Å². The molecule has 0 amide bonds. The zero-order valence-electron chi connectivity index (χ0n) is 15.2. The van der Waals surface area contributed by atoms with E-state index < -0.39 is 6.34 Å². The van der Waals surface area contributed by atoms with Gasteiger partial charge in [0.05, 0.1) is 13.7 Å². The summed E-state index contributed by atoms with van der Waals surface area (Å²) < 4.78 is 10.8. The minimum atomic E-state index is -2.40. The number of nitrogens with zero attached hydrogens (tertiary/aromatic N) is 2. The number of para-hydroxylation sites is 1. The van der Waals surface area contributed by atoms with Gasteiger partial charge in [-0.05, 0) is 72.5 Å². The lowest BCUT2D eigenvalue weighted by atomic mass is 10.3. The number of ether oxygens (including phenoxy) is 1. The van der Waals surface area contributed by atoms with E-state index in [1.54, 1.807) is 7.11 Å². The fourth-order valence-electron chi connectivity index (χ4n) is 3.31. The minimum Gasteiger partial charge on any atom is -0.497 e. The molecule has 1 heterocycles. The predicted molar refractivity (Wildman–Crippen MR) is 130 cm³/mol. The fraction of sp³-hybridized carbons (Fsp3) is 0.0952. The summed E-state index contributed by atoms with van der Waals surface area (Å²) in [5.41, 5.74) is 2.11. The minimum absolute atomic E-state index is 0.624. The van der Waals surface area contributed by atoms with Crippen molar-refractivity contribution in [1.29, 1.82) is 0 Å². The maximum Gasteiger partial charge on any atom is 0.158 e. The highest BCUT2D eigenvalue weighted by atomic mass is 79.9. The lowest BCUT2D eigenvalue weighted by Gasteiger charge is -2.36. The first-order chi connectivity index (χ1) is 13.5. The predicted octanol–water partition coefficient (Wildman–Crippen LogP) is 5.75. The lowest BCUT2D eigenvalue weighted by molar-refractivity contribution is 0.415. The molecule has 142 valence electrons. The Bertz CT molecular complexity index is 1040. The van der Waals surface area contributed by atoms with Gasteiger partial charge in [-0.3, -0.25) is 4.67 Å². The van der Waals surface area contributed by atoms with E-state index in [0.717, 1.165) is 31.9 Å². The van der Waals surface area contributed by atoms with Gasteiger partial charge < -0.3 is 9.41 Å². The van der Waals surface area contributed by atoms with Gasteiger partial charge in [-0.1, -0.05) is 46.3 Å². The van der Waals surface area contributed by atoms with E-state index in [9.17, 15) is 0 Å². The largest absolute Gasteiger partial charge is 0.497 e. The second kappa shape index (κ2) is 7.96. The number of rotatable bonds is 4. The van der Waals surface area contributed by atoms with Crippen LogP contribution in [0.5, 0.6) is 5.75 Å². The maximum absolute atomic E-state index is 6.45. The topological polar surface area (TPSA) is 15.7 Å². The van der Waals surface area contributed by atoms with E-state index in [1.807, 2.05) is 42.5 Å². The Morgan fingerprint density at radius 2 is 1.54 bits per heavy atom. The van der Waals surface area contributed by atoms with Gasteiger partial charge in [0, 0.05) is 21.2 Å². The van der Waals surface area contributed by atoms with Crippen molar-refractivity contribution in [3.8, 4) is 5.75 Å². The van der Waals surface area contributed by atoms with Crippen LogP contribution in [-0.4, -0.2) is 18.6 Å². The van der Waals surface area contributed by atoms with Gasteiger partial charge in [0.1, 0.15) is 10.7 Å². The third-order valence-electron chi connectivity index (χ3n) is 4.65. The Morgan fingerprint density at radius 3 is 2.14 bits per heavy atom. The van der Waals surface area contributed by atoms with Crippen molar-refractivity contribution in [1.82, 2.24) is 0 Å². The van der Waals surface area contributed by atoms with Crippen molar-refractivity contribution < 1.29 is 4.74 Å². The van der Waals surface area contributed by atoms with Gasteiger partial charge in [0.2, 0.25) is 0 Å². The summed E-state index contributed by atoms with van der Waals surface area (Å²) in [6.45, 7) is 0.624. The third kappa shape index (κ3) is 3.39. The molecule has 4 rings (SSSR count). The number of hydrogen-bond acceptors (Lipinski definition) is 3. The quantitative estimate of drug-likeness (QED) is 0.342. The van der Waals surface area contributed by atoms with E-state index >= 15 is 0 Å². The maximum atomic E-state index is 6.45. The first-order valence-electron chi connectivity index (χ1n) is 8.71. The molecular formula is C21H18BrN2OPS2. The van der Waals surface area contributed by atoms with E-state index in [4.69, 9.17) is 28.8 Å². The lowest BCUT2D eigenvalue weighted by Crippen LogP contribution is -2.27. The molecule has 0 radical (unpaired) electrons. The second-order valence-electron chi connectivity index (χ2n) is 6.32. The molecule has 3 aromatic rings. The number of methoxy groups -OCH3 is 1. The van der Waals surface area contributed by atoms with Crippen LogP contribution in [0.3, 0.4) is 0 Å². The van der Waals surface area contributed by atoms with E-state index in [2.05, 4.69) is 61.7 Å². The summed E-state index contributed by atoms with van der Waals surface area (Å²) in [7, 11) is 1.67. The first kappa shape index (κ1) is 19.6. The third-order valence-corrected chi connectivity index (χ3v) is 10.4. The summed E-state index contributed by atoms with van der Waals surface area (Å²) in [5, 5.41) is 1.08. The smallest absolute Gasteiger partial charge is 0.158 e. The van der Waals surface area contributed by atoms with E-state index in [0.29, 0.717) is 6.54 Å². The Hall–Kier alpha value is -1.72. The molecule has 7 heteroatoms. The molecule has 3 nitrogen and oxygen atoms in total. The van der Waals surface area contributed by atoms with Crippen LogP contribution in [-0.2, 0) is 11.8 Å². The molecule has 1 saturated heterocycles. The zero-order valence-corrected chi connectivity index (χ0v) is 19.3. The molecule has 0 bridgehead atoms. The van der Waals surface area contributed by atoms with Gasteiger partial charge in [-0.2, -0.15) is 0 Å². The number of hydrogen-bond donors (Lipinski definition) is 0. The van der Waals surface area contributed by atoms with Crippen molar-refractivity contribution in [3.05, 3.63) is 83.3 Å². The Kier molecular flexibility index (Phi) is 5.57. The highest BCUT2D eigenvalue weighted by Crippen LogP contribution is 2.60. The van der Waals surface area contributed by atoms with Crippen molar-refractivity contribution in [2.24, 2.45) is 0 Å². The molecule has 1 aliphatic heterocycles. The number of benzene rings is 3. The highest BCUT2D eigenvalue weighted by Gasteiger charge is 2.43. The van der Waals surface area contributed by atoms with Gasteiger partial charge >= 0.3 is 0 Å². The van der Waals surface area contributed by atoms with Crippen LogP contribution in [0.4, 0.5) is 11.4 Å². The Labute approximate surface area is 184 Å². The summed E-state index contributed by atoms with van der Waals surface area (Å²) >= 11 is 15.8. The van der Waals surface area contributed by atoms with Gasteiger partial charge in [0.15, 0.2) is 6.34 Å². The molecule has 0 saturated carbocycles. The average molecular weight is 489 g/mol. The van der Waals surface area contributed by atoms with Crippen molar-refractivity contribution >= 4 is 68.0 Å². The van der Waals surface area contributed by atoms with Crippen LogP contribution in [0.15, 0.2) is 83.3 Å². The molecule has 0 spiro atoms. The van der Waals surface area contributed by atoms with E-state index in [-0.39, 0.29) is 0 Å². The van der Waals surface area contributed by atoms with Gasteiger partial charge in [-0.15, -0.1) is 0 Å². The van der Waals surface area contributed by atoms with Crippen LogP contribution >= 0.6 is 34.5 Å². The molecule has 28 heavy (non-hydrogen) atoms. The fourth-order valence-corrected chi connectivity index (χ4v) is 8.66. The SMILES string of the molecule is COc1ccc(P2(=S)N(c3ccccc3)CC(=S)N2c2ccc(Br)cc2)cc1. The number of halogens is 1. The molecule has 3 aromatic carbocycles. The van der Waals surface area contributed by atoms with Crippen LogP contribution in [0, 0.1) is 0 Å². The summed E-state index contributed by atoms with van der Waals surface area (Å²) in [6, 6.07) is 26.5. The second-order valence-corrected chi connectivity index (χ2v) is 11.7.